The summed E-state index contributed by atoms with van der Waals surface area (Å²) < 4.78 is 0. The van der Waals surface area contributed by atoms with Crippen molar-refractivity contribution in [2.24, 2.45) is 5.73 Å². The van der Waals surface area contributed by atoms with Gasteiger partial charge in [0.05, 0.1) is 12.5 Å². The molecule has 24 heavy (non-hydrogen) atoms. The maximum atomic E-state index is 12.3. The number of rotatable bonds is 6. The quantitative estimate of drug-likeness (QED) is 0.712. The highest BCUT2D eigenvalue weighted by molar-refractivity contribution is 5.97. The molecule has 0 aliphatic rings. The monoisotopic (exact) mass is 325 g/mol. The molecule has 6 nitrogen and oxygen atoms in total. The first-order chi connectivity index (χ1) is 11.5. The summed E-state index contributed by atoms with van der Waals surface area (Å²) in [6.45, 7) is 1.46. The number of amides is 3. The molecule has 0 heterocycles. The van der Waals surface area contributed by atoms with Crippen molar-refractivity contribution >= 4 is 23.4 Å². The lowest BCUT2D eigenvalue weighted by atomic mass is 10.0. The molecule has 2 aromatic carbocycles. The van der Waals surface area contributed by atoms with Crippen LogP contribution in [-0.2, 0) is 4.79 Å². The van der Waals surface area contributed by atoms with E-state index in [0.717, 1.165) is 5.56 Å². The SMILES string of the molecule is CC(=O)c1cccc(NC(=O)CC(NC(N)=O)c2ccccc2)c1. The summed E-state index contributed by atoms with van der Waals surface area (Å²) in [5.41, 5.74) is 7.02. The average Bonchev–Trinajstić information content (AvgIpc) is 2.55. The van der Waals surface area contributed by atoms with Crippen molar-refractivity contribution in [3.05, 3.63) is 65.7 Å². The Kier molecular flexibility index (Phi) is 5.68. The largest absolute Gasteiger partial charge is 0.352 e. The number of benzene rings is 2. The maximum absolute atomic E-state index is 12.3. The number of nitrogens with one attached hydrogen (secondary N) is 2. The molecule has 6 heteroatoms. The second-order valence-electron chi connectivity index (χ2n) is 5.36. The standard InChI is InChI=1S/C18H19N3O3/c1-12(22)14-8-5-9-15(10-14)20-17(23)11-16(21-18(19)24)13-6-3-2-4-7-13/h2-10,16H,11H2,1H3,(H,20,23)(H3,19,21,24). The van der Waals surface area contributed by atoms with E-state index in [1.165, 1.54) is 6.92 Å². The minimum Gasteiger partial charge on any atom is -0.352 e. The third kappa shape index (κ3) is 4.95. The van der Waals surface area contributed by atoms with Crippen LogP contribution in [0.4, 0.5) is 10.5 Å². The Balaban J connectivity index is 2.09. The van der Waals surface area contributed by atoms with Gasteiger partial charge in [0.1, 0.15) is 0 Å². The van der Waals surface area contributed by atoms with Crippen LogP contribution >= 0.6 is 0 Å². The second kappa shape index (κ2) is 7.92. The van der Waals surface area contributed by atoms with Gasteiger partial charge in [-0.2, -0.15) is 0 Å². The van der Waals surface area contributed by atoms with E-state index in [4.69, 9.17) is 5.73 Å². The van der Waals surface area contributed by atoms with Gasteiger partial charge in [-0.15, -0.1) is 0 Å². The van der Waals surface area contributed by atoms with Gasteiger partial charge in [-0.1, -0.05) is 42.5 Å². The van der Waals surface area contributed by atoms with Crippen molar-refractivity contribution in [3.8, 4) is 0 Å². The Morgan fingerprint density at radius 3 is 2.38 bits per heavy atom. The lowest BCUT2D eigenvalue weighted by Crippen LogP contribution is -2.35. The van der Waals surface area contributed by atoms with Crippen LogP contribution in [-0.4, -0.2) is 17.7 Å². The van der Waals surface area contributed by atoms with E-state index in [1.54, 1.807) is 24.3 Å². The molecule has 2 aromatic rings. The first-order valence-electron chi connectivity index (χ1n) is 7.47. The molecule has 0 fully saturated rings. The Hall–Kier alpha value is -3.15. The van der Waals surface area contributed by atoms with Crippen LogP contribution in [0.2, 0.25) is 0 Å². The molecule has 3 amide bonds. The summed E-state index contributed by atoms with van der Waals surface area (Å²) in [7, 11) is 0. The minimum atomic E-state index is -0.699. The molecule has 0 bridgehead atoms. The number of hydrogen-bond donors (Lipinski definition) is 3. The molecule has 1 atom stereocenters. The number of carbonyl (C=O) groups excluding carboxylic acids is 3. The summed E-state index contributed by atoms with van der Waals surface area (Å²) in [6.07, 6.45) is 0.0251. The van der Waals surface area contributed by atoms with E-state index in [-0.39, 0.29) is 18.1 Å². The second-order valence-corrected chi connectivity index (χ2v) is 5.36. The van der Waals surface area contributed by atoms with Gasteiger partial charge in [0.15, 0.2) is 5.78 Å². The van der Waals surface area contributed by atoms with Gasteiger partial charge >= 0.3 is 6.03 Å². The molecule has 124 valence electrons. The maximum Gasteiger partial charge on any atom is 0.312 e. The molecule has 1 unspecified atom stereocenters. The zero-order valence-electron chi connectivity index (χ0n) is 13.3. The molecule has 4 N–H and O–H groups in total. The van der Waals surface area contributed by atoms with Crippen LogP contribution in [0.5, 0.6) is 0 Å². The van der Waals surface area contributed by atoms with Gasteiger partial charge in [0.2, 0.25) is 5.91 Å². The van der Waals surface area contributed by atoms with Crippen molar-refractivity contribution in [1.29, 1.82) is 0 Å². The molecule has 0 saturated heterocycles. The molecule has 0 saturated carbocycles. The molecule has 0 aliphatic heterocycles. The molecule has 0 aromatic heterocycles. The third-order valence-electron chi connectivity index (χ3n) is 3.46. The van der Waals surface area contributed by atoms with Crippen LogP contribution in [0.3, 0.4) is 0 Å². The Bertz CT molecular complexity index is 744. The van der Waals surface area contributed by atoms with Crippen LogP contribution in [0, 0.1) is 0 Å². The van der Waals surface area contributed by atoms with E-state index in [2.05, 4.69) is 10.6 Å². The lowest BCUT2D eigenvalue weighted by Gasteiger charge is -2.17. The van der Waals surface area contributed by atoms with E-state index < -0.39 is 12.1 Å². The molecule has 2 rings (SSSR count). The first-order valence-corrected chi connectivity index (χ1v) is 7.47. The zero-order valence-corrected chi connectivity index (χ0v) is 13.3. The number of anilines is 1. The van der Waals surface area contributed by atoms with Crippen LogP contribution in [0.15, 0.2) is 54.6 Å². The Labute approximate surface area is 140 Å². The molecule has 0 aliphatic carbocycles. The fourth-order valence-electron chi connectivity index (χ4n) is 2.32. The zero-order chi connectivity index (χ0) is 17.5. The number of nitrogens with two attached hydrogens (primary N) is 1. The number of Topliss-reactive ketones (excluding diaryl/α,β-unsaturated/α-hetero) is 1. The van der Waals surface area contributed by atoms with Gasteiger partial charge in [-0.3, -0.25) is 9.59 Å². The Morgan fingerprint density at radius 2 is 1.75 bits per heavy atom. The van der Waals surface area contributed by atoms with Gasteiger partial charge < -0.3 is 16.4 Å². The smallest absolute Gasteiger partial charge is 0.312 e. The van der Waals surface area contributed by atoms with Gasteiger partial charge in [0, 0.05) is 11.3 Å². The van der Waals surface area contributed by atoms with Gasteiger partial charge in [-0.25, -0.2) is 4.79 Å². The van der Waals surface area contributed by atoms with Crippen LogP contribution in [0.1, 0.15) is 35.3 Å². The summed E-state index contributed by atoms with van der Waals surface area (Å²) in [6, 6.07) is 14.6. The summed E-state index contributed by atoms with van der Waals surface area (Å²) >= 11 is 0. The fourth-order valence-corrected chi connectivity index (χ4v) is 2.32. The van der Waals surface area contributed by atoms with Crippen molar-refractivity contribution in [2.75, 3.05) is 5.32 Å². The minimum absolute atomic E-state index is 0.0251. The first kappa shape index (κ1) is 17.2. The number of hydrogen-bond acceptors (Lipinski definition) is 3. The van der Waals surface area contributed by atoms with Gasteiger partial charge in [0.25, 0.3) is 0 Å². The molecular weight excluding hydrogens is 306 g/mol. The number of primary amides is 1. The predicted octanol–water partition coefficient (Wildman–Crippen LogP) is 2.63. The summed E-state index contributed by atoms with van der Waals surface area (Å²) in [5.74, 6) is -0.373. The third-order valence-corrected chi connectivity index (χ3v) is 3.46. The van der Waals surface area contributed by atoms with Crippen LogP contribution < -0.4 is 16.4 Å². The lowest BCUT2D eigenvalue weighted by molar-refractivity contribution is -0.116. The number of urea groups is 1. The molecule has 0 radical (unpaired) electrons. The van der Waals surface area contributed by atoms with Crippen molar-refractivity contribution in [2.45, 2.75) is 19.4 Å². The average molecular weight is 325 g/mol. The van der Waals surface area contributed by atoms with Crippen molar-refractivity contribution < 1.29 is 14.4 Å². The molecular formula is C18H19N3O3. The number of ketones is 1. The highest BCUT2D eigenvalue weighted by Gasteiger charge is 2.17. The predicted molar refractivity (Wildman–Crippen MR) is 91.6 cm³/mol. The van der Waals surface area contributed by atoms with E-state index in [9.17, 15) is 14.4 Å². The topological polar surface area (TPSA) is 101 Å². The highest BCUT2D eigenvalue weighted by atomic mass is 16.2. The molecule has 0 spiro atoms. The van der Waals surface area contributed by atoms with E-state index in [1.807, 2.05) is 30.3 Å². The fraction of sp³-hybridized carbons (Fsp3) is 0.167. The Morgan fingerprint density at radius 1 is 1.04 bits per heavy atom. The summed E-state index contributed by atoms with van der Waals surface area (Å²) in [4.78, 5) is 34.8. The van der Waals surface area contributed by atoms with Gasteiger partial charge in [-0.05, 0) is 24.6 Å². The summed E-state index contributed by atoms with van der Waals surface area (Å²) in [5, 5.41) is 5.29. The van der Waals surface area contributed by atoms with Crippen molar-refractivity contribution in [3.63, 3.8) is 0 Å². The van der Waals surface area contributed by atoms with E-state index in [0.29, 0.717) is 11.3 Å². The van der Waals surface area contributed by atoms with Crippen LogP contribution in [0.25, 0.3) is 0 Å². The highest BCUT2D eigenvalue weighted by Crippen LogP contribution is 2.18. The van der Waals surface area contributed by atoms with Crippen molar-refractivity contribution in [1.82, 2.24) is 5.32 Å². The number of carbonyl (C=O) groups is 3. The van der Waals surface area contributed by atoms with E-state index >= 15 is 0 Å². The normalized spacial score (nSPS) is 11.4.